The van der Waals surface area contributed by atoms with Crippen LogP contribution in [0.25, 0.3) is 0 Å². The smallest absolute Gasteiger partial charge is 0.122 e. The second-order valence-electron chi connectivity index (χ2n) is 2.69. The minimum Gasteiger partial charge on any atom is -0.494 e. The fourth-order valence-corrected chi connectivity index (χ4v) is 1.13. The number of ether oxygens (including phenoxy) is 1. The Balaban J connectivity index is 0.000000791. The van der Waals surface area contributed by atoms with Gasteiger partial charge in [-0.2, -0.15) is 0 Å². The lowest BCUT2D eigenvalue weighted by Crippen LogP contribution is -1.94. The number of hydrogen-bond acceptors (Lipinski definition) is 2. The summed E-state index contributed by atoms with van der Waals surface area (Å²) >= 11 is 0. The molecule has 0 bridgehead atoms. The Morgan fingerprint density at radius 3 is 2.36 bits per heavy atom. The average molecular weight is 196 g/mol. The van der Waals surface area contributed by atoms with Crippen LogP contribution in [-0.4, -0.2) is 11.7 Å². The van der Waals surface area contributed by atoms with Crippen molar-refractivity contribution in [1.29, 1.82) is 0 Å². The van der Waals surface area contributed by atoms with E-state index in [-0.39, 0.29) is 6.61 Å². The van der Waals surface area contributed by atoms with Crippen molar-refractivity contribution in [3.05, 3.63) is 29.3 Å². The fourth-order valence-electron chi connectivity index (χ4n) is 1.13. The minimum absolute atomic E-state index is 0.0905. The summed E-state index contributed by atoms with van der Waals surface area (Å²) in [5.41, 5.74) is 2.00. The highest BCUT2D eigenvalue weighted by atomic mass is 16.5. The van der Waals surface area contributed by atoms with Crippen LogP contribution in [0.3, 0.4) is 0 Å². The highest BCUT2D eigenvalue weighted by Crippen LogP contribution is 2.18. The molecule has 0 amide bonds. The van der Waals surface area contributed by atoms with Crippen molar-refractivity contribution in [3.63, 3.8) is 0 Å². The summed E-state index contributed by atoms with van der Waals surface area (Å²) in [6, 6.07) is 5.70. The number of aliphatic hydroxyl groups excluding tert-OH is 1. The quantitative estimate of drug-likeness (QED) is 0.805. The van der Waals surface area contributed by atoms with Crippen LogP contribution in [0.2, 0.25) is 0 Å². The van der Waals surface area contributed by atoms with Gasteiger partial charge in [-0.15, -0.1) is 0 Å². The van der Waals surface area contributed by atoms with E-state index in [1.54, 1.807) is 0 Å². The molecule has 0 aromatic heterocycles. The van der Waals surface area contributed by atoms with E-state index in [2.05, 4.69) is 0 Å². The standard InChI is InChI=1S/C10H14O2.C2H6/c1-3-12-10-5-4-9(7-11)6-8(10)2;1-2/h4-6,11H,3,7H2,1-2H3;1-2H3. The molecule has 0 aliphatic rings. The molecular formula is C12H20O2. The largest absolute Gasteiger partial charge is 0.494 e. The Kier molecular flexibility index (Phi) is 6.85. The van der Waals surface area contributed by atoms with Crippen molar-refractivity contribution in [1.82, 2.24) is 0 Å². The van der Waals surface area contributed by atoms with E-state index in [0.29, 0.717) is 6.61 Å². The fraction of sp³-hybridized carbons (Fsp3) is 0.500. The van der Waals surface area contributed by atoms with Gasteiger partial charge < -0.3 is 9.84 Å². The Morgan fingerprint density at radius 1 is 1.29 bits per heavy atom. The second kappa shape index (κ2) is 7.39. The van der Waals surface area contributed by atoms with E-state index in [1.807, 2.05) is 45.9 Å². The molecular weight excluding hydrogens is 176 g/mol. The summed E-state index contributed by atoms with van der Waals surface area (Å²) in [4.78, 5) is 0. The van der Waals surface area contributed by atoms with Crippen LogP contribution in [-0.2, 0) is 6.61 Å². The third-order valence-electron chi connectivity index (χ3n) is 1.72. The lowest BCUT2D eigenvalue weighted by Gasteiger charge is -2.07. The summed E-state index contributed by atoms with van der Waals surface area (Å²) in [7, 11) is 0. The molecule has 0 spiro atoms. The first kappa shape index (κ1) is 13.0. The Morgan fingerprint density at radius 2 is 1.93 bits per heavy atom. The maximum absolute atomic E-state index is 8.84. The van der Waals surface area contributed by atoms with E-state index in [1.165, 1.54) is 0 Å². The first-order valence-electron chi connectivity index (χ1n) is 5.11. The molecule has 0 saturated carbocycles. The zero-order valence-corrected chi connectivity index (χ0v) is 9.50. The van der Waals surface area contributed by atoms with Crippen LogP contribution in [0.4, 0.5) is 0 Å². The highest BCUT2D eigenvalue weighted by molar-refractivity contribution is 5.35. The number of rotatable bonds is 3. The zero-order chi connectivity index (χ0) is 11.0. The number of benzene rings is 1. The SMILES string of the molecule is CC.CCOc1ccc(CO)cc1C. The maximum atomic E-state index is 8.84. The van der Waals surface area contributed by atoms with E-state index < -0.39 is 0 Å². The molecule has 14 heavy (non-hydrogen) atoms. The van der Waals surface area contributed by atoms with Crippen molar-refractivity contribution in [2.75, 3.05) is 6.61 Å². The van der Waals surface area contributed by atoms with Gasteiger partial charge in [-0.1, -0.05) is 26.0 Å². The van der Waals surface area contributed by atoms with Crippen molar-refractivity contribution < 1.29 is 9.84 Å². The van der Waals surface area contributed by atoms with Gasteiger partial charge in [0.25, 0.3) is 0 Å². The molecule has 1 rings (SSSR count). The van der Waals surface area contributed by atoms with Gasteiger partial charge in [0.1, 0.15) is 5.75 Å². The Labute approximate surface area is 86.5 Å². The highest BCUT2D eigenvalue weighted by Gasteiger charge is 1.98. The van der Waals surface area contributed by atoms with Crippen LogP contribution in [0.5, 0.6) is 5.75 Å². The van der Waals surface area contributed by atoms with Crippen LogP contribution in [0.1, 0.15) is 31.9 Å². The molecule has 2 nitrogen and oxygen atoms in total. The van der Waals surface area contributed by atoms with E-state index in [4.69, 9.17) is 9.84 Å². The molecule has 80 valence electrons. The van der Waals surface area contributed by atoms with Gasteiger partial charge in [-0.25, -0.2) is 0 Å². The van der Waals surface area contributed by atoms with Crippen LogP contribution in [0.15, 0.2) is 18.2 Å². The van der Waals surface area contributed by atoms with Crippen molar-refractivity contribution in [3.8, 4) is 5.75 Å². The molecule has 0 aliphatic heterocycles. The van der Waals surface area contributed by atoms with Gasteiger partial charge in [-0.05, 0) is 31.0 Å². The lowest BCUT2D eigenvalue weighted by molar-refractivity contribution is 0.281. The lowest BCUT2D eigenvalue weighted by atomic mass is 10.1. The molecule has 2 heteroatoms. The zero-order valence-electron chi connectivity index (χ0n) is 9.50. The number of hydrogen-bond donors (Lipinski definition) is 1. The third kappa shape index (κ3) is 3.79. The first-order chi connectivity index (χ1) is 6.77. The van der Waals surface area contributed by atoms with E-state index >= 15 is 0 Å². The van der Waals surface area contributed by atoms with Crippen LogP contribution >= 0.6 is 0 Å². The van der Waals surface area contributed by atoms with Gasteiger partial charge in [0.2, 0.25) is 0 Å². The summed E-state index contributed by atoms with van der Waals surface area (Å²) < 4.78 is 5.35. The summed E-state index contributed by atoms with van der Waals surface area (Å²) in [6.45, 7) is 8.70. The predicted molar refractivity (Wildman–Crippen MR) is 59.6 cm³/mol. The Hall–Kier alpha value is -1.02. The molecule has 0 fully saturated rings. The second-order valence-corrected chi connectivity index (χ2v) is 2.69. The molecule has 0 atom stereocenters. The van der Waals surface area contributed by atoms with Crippen molar-refractivity contribution in [2.24, 2.45) is 0 Å². The predicted octanol–water partition coefficient (Wildman–Crippen LogP) is 2.91. The van der Waals surface area contributed by atoms with Crippen LogP contribution < -0.4 is 4.74 Å². The average Bonchev–Trinajstić information content (AvgIpc) is 2.24. The van der Waals surface area contributed by atoms with Crippen molar-refractivity contribution in [2.45, 2.75) is 34.3 Å². The molecule has 0 aliphatic carbocycles. The van der Waals surface area contributed by atoms with Gasteiger partial charge in [0.15, 0.2) is 0 Å². The normalized spacial score (nSPS) is 8.93. The first-order valence-corrected chi connectivity index (χ1v) is 5.11. The van der Waals surface area contributed by atoms with Crippen LogP contribution in [0, 0.1) is 6.92 Å². The van der Waals surface area contributed by atoms with Gasteiger partial charge >= 0.3 is 0 Å². The molecule has 1 aromatic carbocycles. The maximum Gasteiger partial charge on any atom is 0.122 e. The number of aliphatic hydroxyl groups is 1. The number of aryl methyl sites for hydroxylation is 1. The third-order valence-corrected chi connectivity index (χ3v) is 1.72. The molecule has 0 unspecified atom stereocenters. The summed E-state index contributed by atoms with van der Waals surface area (Å²) in [6.07, 6.45) is 0. The molecule has 0 saturated heterocycles. The van der Waals surface area contributed by atoms with Gasteiger partial charge in [-0.3, -0.25) is 0 Å². The Bertz CT molecular complexity index is 256. The molecule has 1 N–H and O–H groups in total. The molecule has 1 aromatic rings. The monoisotopic (exact) mass is 196 g/mol. The van der Waals surface area contributed by atoms with Gasteiger partial charge in [0.05, 0.1) is 13.2 Å². The summed E-state index contributed by atoms with van der Waals surface area (Å²) in [5.74, 6) is 0.898. The molecule has 0 radical (unpaired) electrons. The van der Waals surface area contributed by atoms with Gasteiger partial charge in [0, 0.05) is 0 Å². The summed E-state index contributed by atoms with van der Waals surface area (Å²) in [5, 5.41) is 8.84. The van der Waals surface area contributed by atoms with E-state index in [0.717, 1.165) is 16.9 Å². The topological polar surface area (TPSA) is 29.5 Å². The van der Waals surface area contributed by atoms with E-state index in [9.17, 15) is 0 Å². The minimum atomic E-state index is 0.0905. The molecule has 0 heterocycles. The van der Waals surface area contributed by atoms with Crippen molar-refractivity contribution >= 4 is 0 Å².